The summed E-state index contributed by atoms with van der Waals surface area (Å²) in [5.41, 5.74) is 0.911. The lowest BCUT2D eigenvalue weighted by Gasteiger charge is -2.23. The zero-order valence-electron chi connectivity index (χ0n) is 10.4. The topological polar surface area (TPSA) is 47.0 Å². The molecule has 0 aromatic carbocycles. The van der Waals surface area contributed by atoms with Crippen molar-refractivity contribution < 1.29 is 4.74 Å². The van der Waals surface area contributed by atoms with Crippen LogP contribution in [0.15, 0.2) is 18.6 Å². The third-order valence-electron chi connectivity index (χ3n) is 3.29. The quantitative estimate of drug-likeness (QED) is 0.847. The first-order chi connectivity index (χ1) is 8.36. The van der Waals surface area contributed by atoms with E-state index in [0.717, 1.165) is 31.2 Å². The predicted octanol–water partition coefficient (Wildman–Crippen LogP) is 1.94. The van der Waals surface area contributed by atoms with Crippen molar-refractivity contribution in [3.05, 3.63) is 24.3 Å². The molecular weight excluding hydrogens is 214 g/mol. The van der Waals surface area contributed by atoms with Crippen molar-refractivity contribution in [3.63, 3.8) is 0 Å². The minimum absolute atomic E-state index is 0.0419. The summed E-state index contributed by atoms with van der Waals surface area (Å²) in [7, 11) is 0. The molecule has 94 valence electrons. The number of hydrogen-bond acceptors (Lipinski definition) is 4. The van der Waals surface area contributed by atoms with E-state index in [2.05, 4.69) is 15.3 Å². The van der Waals surface area contributed by atoms with E-state index in [1.54, 1.807) is 18.6 Å². The van der Waals surface area contributed by atoms with E-state index >= 15 is 0 Å². The molecule has 0 amide bonds. The molecule has 4 nitrogen and oxygen atoms in total. The molecule has 1 aromatic rings. The first-order valence-electron chi connectivity index (χ1n) is 6.44. The highest BCUT2D eigenvalue weighted by Gasteiger charge is 2.13. The largest absolute Gasteiger partial charge is 0.372 e. The van der Waals surface area contributed by atoms with Gasteiger partial charge in [-0.2, -0.15) is 0 Å². The number of rotatable bonds is 5. The van der Waals surface area contributed by atoms with Gasteiger partial charge in [0.15, 0.2) is 0 Å². The summed E-state index contributed by atoms with van der Waals surface area (Å²) >= 11 is 0. The molecule has 1 aliphatic heterocycles. The predicted molar refractivity (Wildman–Crippen MR) is 66.6 cm³/mol. The highest BCUT2D eigenvalue weighted by molar-refractivity contribution is 4.97. The molecule has 1 aromatic heterocycles. The van der Waals surface area contributed by atoms with Crippen LogP contribution in [0.1, 0.15) is 38.0 Å². The lowest BCUT2D eigenvalue weighted by atomic mass is 9.97. The SMILES string of the molecule is C[C@@H](OCC[C@H]1CCCNC1)c1cnccn1. The summed E-state index contributed by atoms with van der Waals surface area (Å²) in [6, 6.07) is 0. The fourth-order valence-electron chi connectivity index (χ4n) is 2.19. The molecule has 1 saturated heterocycles. The molecular formula is C13H21N3O. The maximum absolute atomic E-state index is 5.80. The van der Waals surface area contributed by atoms with Crippen LogP contribution in [-0.4, -0.2) is 29.7 Å². The van der Waals surface area contributed by atoms with Gasteiger partial charge in [0.05, 0.1) is 18.0 Å². The second-order valence-corrected chi connectivity index (χ2v) is 4.64. The highest BCUT2D eigenvalue weighted by Crippen LogP contribution is 2.17. The minimum Gasteiger partial charge on any atom is -0.372 e. The molecule has 1 N–H and O–H groups in total. The first kappa shape index (κ1) is 12.5. The molecule has 17 heavy (non-hydrogen) atoms. The number of ether oxygens (including phenoxy) is 1. The van der Waals surface area contributed by atoms with Crippen LogP contribution in [0.2, 0.25) is 0 Å². The Labute approximate surface area is 103 Å². The summed E-state index contributed by atoms with van der Waals surface area (Å²) in [6.45, 7) is 5.16. The Balaban J connectivity index is 1.67. The van der Waals surface area contributed by atoms with Crippen LogP contribution in [0.25, 0.3) is 0 Å². The van der Waals surface area contributed by atoms with Crippen molar-refractivity contribution in [1.29, 1.82) is 0 Å². The smallest absolute Gasteiger partial charge is 0.0982 e. The van der Waals surface area contributed by atoms with E-state index < -0.39 is 0 Å². The Hall–Kier alpha value is -1.00. The number of piperidine rings is 1. The first-order valence-corrected chi connectivity index (χ1v) is 6.44. The molecule has 0 bridgehead atoms. The van der Waals surface area contributed by atoms with Crippen LogP contribution >= 0.6 is 0 Å². The van der Waals surface area contributed by atoms with Crippen molar-refractivity contribution in [3.8, 4) is 0 Å². The van der Waals surface area contributed by atoms with Gasteiger partial charge in [-0.15, -0.1) is 0 Å². The van der Waals surface area contributed by atoms with Crippen molar-refractivity contribution in [2.45, 2.75) is 32.3 Å². The van der Waals surface area contributed by atoms with Gasteiger partial charge in [-0.05, 0) is 45.2 Å². The lowest BCUT2D eigenvalue weighted by Crippen LogP contribution is -2.30. The van der Waals surface area contributed by atoms with Crippen LogP contribution in [0.4, 0.5) is 0 Å². The van der Waals surface area contributed by atoms with E-state index in [1.807, 2.05) is 6.92 Å². The molecule has 2 rings (SSSR count). The Kier molecular flexibility index (Phi) is 4.88. The van der Waals surface area contributed by atoms with Gasteiger partial charge < -0.3 is 10.1 Å². The molecule has 0 aliphatic carbocycles. The zero-order chi connectivity index (χ0) is 11.9. The van der Waals surface area contributed by atoms with Crippen molar-refractivity contribution in [2.24, 2.45) is 5.92 Å². The van der Waals surface area contributed by atoms with Crippen LogP contribution in [0.5, 0.6) is 0 Å². The summed E-state index contributed by atoms with van der Waals surface area (Å²) in [5, 5.41) is 3.43. The van der Waals surface area contributed by atoms with E-state index in [0.29, 0.717) is 0 Å². The molecule has 1 aliphatic rings. The average Bonchev–Trinajstić information content (AvgIpc) is 2.41. The standard InChI is InChI=1S/C13H21N3O/c1-11(13-10-15-6-7-16-13)17-8-4-12-3-2-5-14-9-12/h6-7,10-12,14H,2-5,8-9H2,1H3/t11-,12-/m1/s1. The third-order valence-corrected chi connectivity index (χ3v) is 3.29. The molecule has 2 heterocycles. The molecule has 0 spiro atoms. The van der Waals surface area contributed by atoms with Gasteiger partial charge in [-0.1, -0.05) is 0 Å². The van der Waals surface area contributed by atoms with Gasteiger partial charge in [0.1, 0.15) is 0 Å². The lowest BCUT2D eigenvalue weighted by molar-refractivity contribution is 0.0510. The van der Waals surface area contributed by atoms with Crippen LogP contribution < -0.4 is 5.32 Å². The Bertz CT molecular complexity index is 312. The van der Waals surface area contributed by atoms with Gasteiger partial charge in [-0.25, -0.2) is 0 Å². The van der Waals surface area contributed by atoms with Crippen molar-refractivity contribution >= 4 is 0 Å². The minimum atomic E-state index is 0.0419. The fraction of sp³-hybridized carbons (Fsp3) is 0.692. The van der Waals surface area contributed by atoms with Crippen molar-refractivity contribution in [1.82, 2.24) is 15.3 Å². The van der Waals surface area contributed by atoms with Crippen molar-refractivity contribution in [2.75, 3.05) is 19.7 Å². The Morgan fingerprint density at radius 2 is 2.47 bits per heavy atom. The molecule has 0 radical (unpaired) electrons. The number of aromatic nitrogens is 2. The maximum atomic E-state index is 5.80. The summed E-state index contributed by atoms with van der Waals surface area (Å²) in [4.78, 5) is 8.30. The van der Waals surface area contributed by atoms with Gasteiger partial charge >= 0.3 is 0 Å². The van der Waals surface area contributed by atoms with Gasteiger partial charge in [-0.3, -0.25) is 9.97 Å². The van der Waals surface area contributed by atoms with Crippen LogP contribution in [0, 0.1) is 5.92 Å². The Morgan fingerprint density at radius 1 is 1.53 bits per heavy atom. The number of nitrogens with zero attached hydrogens (tertiary/aromatic N) is 2. The molecule has 1 fully saturated rings. The van der Waals surface area contributed by atoms with Gasteiger partial charge in [0.25, 0.3) is 0 Å². The summed E-state index contributed by atoms with van der Waals surface area (Å²) < 4.78 is 5.80. The van der Waals surface area contributed by atoms with E-state index in [1.165, 1.54) is 19.4 Å². The highest BCUT2D eigenvalue weighted by atomic mass is 16.5. The number of nitrogens with one attached hydrogen (secondary N) is 1. The van der Waals surface area contributed by atoms with E-state index in [-0.39, 0.29) is 6.10 Å². The molecule has 0 unspecified atom stereocenters. The monoisotopic (exact) mass is 235 g/mol. The number of hydrogen-bond donors (Lipinski definition) is 1. The fourth-order valence-corrected chi connectivity index (χ4v) is 2.19. The van der Waals surface area contributed by atoms with Gasteiger partial charge in [0, 0.05) is 19.0 Å². The Morgan fingerprint density at radius 3 is 3.18 bits per heavy atom. The maximum Gasteiger partial charge on any atom is 0.0982 e. The second kappa shape index (κ2) is 6.67. The normalized spacial score (nSPS) is 22.3. The molecule has 2 atom stereocenters. The van der Waals surface area contributed by atoms with Crippen LogP contribution in [-0.2, 0) is 4.74 Å². The third kappa shape index (κ3) is 4.06. The average molecular weight is 235 g/mol. The summed E-state index contributed by atoms with van der Waals surface area (Å²) in [5.74, 6) is 0.776. The molecule has 4 heteroatoms. The second-order valence-electron chi connectivity index (χ2n) is 4.64. The van der Waals surface area contributed by atoms with E-state index in [9.17, 15) is 0 Å². The zero-order valence-corrected chi connectivity index (χ0v) is 10.4. The van der Waals surface area contributed by atoms with Gasteiger partial charge in [0.2, 0.25) is 0 Å². The summed E-state index contributed by atoms with van der Waals surface area (Å²) in [6.07, 6.45) is 8.97. The van der Waals surface area contributed by atoms with E-state index in [4.69, 9.17) is 4.74 Å². The van der Waals surface area contributed by atoms with Crippen LogP contribution in [0.3, 0.4) is 0 Å². The molecule has 0 saturated carbocycles.